The van der Waals surface area contributed by atoms with E-state index >= 15 is 0 Å². The molecule has 0 aliphatic carbocycles. The molecule has 0 aliphatic rings. The van der Waals surface area contributed by atoms with Crippen LogP contribution >= 0.6 is 0 Å². The van der Waals surface area contributed by atoms with Gasteiger partial charge in [0, 0.05) is 18.6 Å². The van der Waals surface area contributed by atoms with Crippen LogP contribution in [0, 0.1) is 10.1 Å². The predicted octanol–water partition coefficient (Wildman–Crippen LogP) is 0.758. The van der Waals surface area contributed by atoms with Crippen molar-refractivity contribution in [1.29, 1.82) is 0 Å². The van der Waals surface area contributed by atoms with Gasteiger partial charge in [-0.1, -0.05) is 0 Å². The van der Waals surface area contributed by atoms with Gasteiger partial charge in [0.1, 0.15) is 12.0 Å². The number of hydrogen-bond acceptors (Lipinski definition) is 5. The van der Waals surface area contributed by atoms with Gasteiger partial charge < -0.3 is 5.73 Å². The Balaban J connectivity index is 2.66. The monoisotopic (exact) mass is 205 g/mol. The summed E-state index contributed by atoms with van der Waals surface area (Å²) in [6.07, 6.45) is 5.91. The summed E-state index contributed by atoms with van der Waals surface area (Å²) in [5, 5.41) is 10.8. The minimum atomic E-state index is -0.558. The molecule has 0 bridgehead atoms. The van der Waals surface area contributed by atoms with Crippen molar-refractivity contribution in [2.75, 3.05) is 5.73 Å². The molecule has 0 saturated heterocycles. The van der Waals surface area contributed by atoms with Crippen LogP contribution in [0.25, 0.3) is 5.82 Å². The molecule has 15 heavy (non-hydrogen) atoms. The topological polar surface area (TPSA) is 99.9 Å². The van der Waals surface area contributed by atoms with Crippen LogP contribution in [0.2, 0.25) is 0 Å². The van der Waals surface area contributed by atoms with E-state index in [1.54, 1.807) is 6.20 Å². The highest BCUT2D eigenvalue weighted by molar-refractivity contribution is 5.65. The lowest BCUT2D eigenvalue weighted by molar-refractivity contribution is -0.383. The zero-order chi connectivity index (χ0) is 10.8. The van der Waals surface area contributed by atoms with Crippen LogP contribution in [0.15, 0.2) is 31.0 Å². The number of nitrogen functional groups attached to an aromatic ring is 1. The Hall–Kier alpha value is -2.44. The Labute approximate surface area is 84.3 Å². The summed E-state index contributed by atoms with van der Waals surface area (Å²) < 4.78 is 1.44. The number of rotatable bonds is 2. The second-order valence-electron chi connectivity index (χ2n) is 2.80. The van der Waals surface area contributed by atoms with Gasteiger partial charge in [0.25, 0.3) is 0 Å². The molecule has 0 fully saturated rings. The van der Waals surface area contributed by atoms with Crippen LogP contribution in [0.5, 0.6) is 0 Å². The third-order valence-corrected chi connectivity index (χ3v) is 1.87. The summed E-state index contributed by atoms with van der Waals surface area (Å²) in [6.45, 7) is 0. The van der Waals surface area contributed by atoms with E-state index in [0.29, 0.717) is 0 Å². The molecule has 0 aromatic carbocycles. The van der Waals surface area contributed by atoms with E-state index in [-0.39, 0.29) is 17.2 Å². The number of nitro groups is 1. The molecule has 2 N–H and O–H groups in total. The molecule has 0 unspecified atom stereocenters. The van der Waals surface area contributed by atoms with Crippen molar-refractivity contribution >= 4 is 11.4 Å². The smallest absolute Gasteiger partial charge is 0.334 e. The maximum atomic E-state index is 10.8. The molecule has 0 saturated carbocycles. The average molecular weight is 205 g/mol. The van der Waals surface area contributed by atoms with Crippen molar-refractivity contribution in [2.24, 2.45) is 0 Å². The van der Waals surface area contributed by atoms with Gasteiger partial charge in [-0.05, 0) is 6.07 Å². The fourth-order valence-corrected chi connectivity index (χ4v) is 1.22. The Morgan fingerprint density at radius 2 is 2.27 bits per heavy atom. The highest BCUT2D eigenvalue weighted by atomic mass is 16.6. The minimum absolute atomic E-state index is 0.0821. The van der Waals surface area contributed by atoms with E-state index in [1.807, 2.05) is 0 Å². The van der Waals surface area contributed by atoms with Crippen molar-refractivity contribution in [3.05, 3.63) is 41.1 Å². The second-order valence-corrected chi connectivity index (χ2v) is 2.80. The molecule has 2 heterocycles. The van der Waals surface area contributed by atoms with Crippen LogP contribution in [-0.2, 0) is 0 Å². The van der Waals surface area contributed by atoms with Gasteiger partial charge in [-0.2, -0.15) is 0 Å². The Bertz CT molecular complexity index is 494. The van der Waals surface area contributed by atoms with Crippen LogP contribution in [-0.4, -0.2) is 19.5 Å². The van der Waals surface area contributed by atoms with Gasteiger partial charge in [0.05, 0.1) is 4.92 Å². The lowest BCUT2D eigenvalue weighted by Crippen LogP contribution is -2.04. The molecule has 2 aromatic rings. The third-order valence-electron chi connectivity index (χ3n) is 1.87. The summed E-state index contributed by atoms with van der Waals surface area (Å²) in [4.78, 5) is 17.9. The molecule has 0 atom stereocenters. The molecule has 76 valence electrons. The first kappa shape index (κ1) is 9.13. The normalized spacial score (nSPS) is 10.1. The first-order valence-corrected chi connectivity index (χ1v) is 4.07. The largest absolute Gasteiger partial charge is 0.393 e. The van der Waals surface area contributed by atoms with E-state index in [1.165, 1.54) is 29.4 Å². The van der Waals surface area contributed by atoms with Crippen molar-refractivity contribution in [2.45, 2.75) is 0 Å². The van der Waals surface area contributed by atoms with Gasteiger partial charge in [0.2, 0.25) is 5.82 Å². The number of imidazole rings is 1. The fourth-order valence-electron chi connectivity index (χ4n) is 1.22. The average Bonchev–Trinajstić information content (AvgIpc) is 2.69. The van der Waals surface area contributed by atoms with Crippen LogP contribution in [0.4, 0.5) is 11.4 Å². The zero-order valence-corrected chi connectivity index (χ0v) is 7.57. The molecular weight excluding hydrogens is 198 g/mol. The molecule has 0 spiro atoms. The molecule has 7 heteroatoms. The minimum Gasteiger partial charge on any atom is -0.393 e. The lowest BCUT2D eigenvalue weighted by Gasteiger charge is -2.03. The maximum absolute atomic E-state index is 10.8. The van der Waals surface area contributed by atoms with Crippen LogP contribution < -0.4 is 5.73 Å². The van der Waals surface area contributed by atoms with Crippen molar-refractivity contribution in [1.82, 2.24) is 14.5 Å². The fraction of sp³-hybridized carbons (Fsp3) is 0. The van der Waals surface area contributed by atoms with Crippen LogP contribution in [0.3, 0.4) is 0 Å². The number of aromatic nitrogens is 3. The van der Waals surface area contributed by atoms with E-state index in [2.05, 4.69) is 9.97 Å². The van der Waals surface area contributed by atoms with Gasteiger partial charge in [-0.25, -0.2) is 9.97 Å². The summed E-state index contributed by atoms with van der Waals surface area (Å²) >= 11 is 0. The van der Waals surface area contributed by atoms with E-state index < -0.39 is 4.92 Å². The standard InChI is InChI=1S/C8H7N5O2/c9-6-1-2-11-8(7(6)13(14)15)12-4-3-10-5-12/h1-5H,(H2,9,11). The highest BCUT2D eigenvalue weighted by Gasteiger charge is 2.20. The van der Waals surface area contributed by atoms with Gasteiger partial charge in [0.15, 0.2) is 0 Å². The van der Waals surface area contributed by atoms with Crippen LogP contribution in [0.1, 0.15) is 0 Å². The number of pyridine rings is 1. The van der Waals surface area contributed by atoms with Gasteiger partial charge in [-0.3, -0.25) is 14.7 Å². The maximum Gasteiger partial charge on any atom is 0.334 e. The van der Waals surface area contributed by atoms with Gasteiger partial charge in [-0.15, -0.1) is 0 Å². The first-order valence-electron chi connectivity index (χ1n) is 4.07. The Morgan fingerprint density at radius 1 is 1.47 bits per heavy atom. The SMILES string of the molecule is Nc1ccnc(-n2ccnc2)c1[N+](=O)[O-]. The van der Waals surface area contributed by atoms with Crippen molar-refractivity contribution in [3.63, 3.8) is 0 Å². The Morgan fingerprint density at radius 3 is 2.87 bits per heavy atom. The third kappa shape index (κ3) is 1.50. The lowest BCUT2D eigenvalue weighted by atomic mass is 10.3. The quantitative estimate of drug-likeness (QED) is 0.576. The molecule has 0 amide bonds. The van der Waals surface area contributed by atoms with E-state index in [4.69, 9.17) is 5.73 Å². The first-order chi connectivity index (χ1) is 7.20. The summed E-state index contributed by atoms with van der Waals surface area (Å²) in [6, 6.07) is 1.39. The second kappa shape index (κ2) is 3.37. The summed E-state index contributed by atoms with van der Waals surface area (Å²) in [5.74, 6) is 0.164. The molecule has 7 nitrogen and oxygen atoms in total. The van der Waals surface area contributed by atoms with E-state index in [9.17, 15) is 10.1 Å². The Kier molecular flexibility index (Phi) is 2.05. The summed E-state index contributed by atoms with van der Waals surface area (Å²) in [7, 11) is 0. The zero-order valence-electron chi connectivity index (χ0n) is 7.57. The summed E-state index contributed by atoms with van der Waals surface area (Å²) in [5.41, 5.74) is 5.38. The van der Waals surface area contributed by atoms with Crippen molar-refractivity contribution < 1.29 is 4.92 Å². The van der Waals surface area contributed by atoms with Gasteiger partial charge >= 0.3 is 5.69 Å². The predicted molar refractivity (Wildman–Crippen MR) is 52.4 cm³/mol. The molecule has 2 rings (SSSR count). The number of nitrogens with zero attached hydrogens (tertiary/aromatic N) is 4. The molecule has 0 aliphatic heterocycles. The highest BCUT2D eigenvalue weighted by Crippen LogP contribution is 2.26. The number of nitrogens with two attached hydrogens (primary N) is 1. The molecular formula is C8H7N5O2. The number of hydrogen-bond donors (Lipinski definition) is 1. The van der Waals surface area contributed by atoms with E-state index in [0.717, 1.165) is 0 Å². The molecule has 2 aromatic heterocycles. The molecule has 0 radical (unpaired) electrons. The number of anilines is 1. The van der Waals surface area contributed by atoms with Crippen molar-refractivity contribution in [3.8, 4) is 5.82 Å².